The van der Waals surface area contributed by atoms with Crippen LogP contribution in [0.15, 0.2) is 121 Å². The van der Waals surface area contributed by atoms with Crippen molar-refractivity contribution in [2.75, 3.05) is 13.1 Å². The molecule has 3 heteroatoms. The molecule has 214 valence electrons. The third-order valence-electron chi connectivity index (χ3n) is 10.6. The summed E-state index contributed by atoms with van der Waals surface area (Å²) in [4.78, 5) is 4.76. The molecule has 0 saturated carbocycles. The van der Waals surface area contributed by atoms with E-state index < -0.39 is 0 Å². The van der Waals surface area contributed by atoms with E-state index in [2.05, 4.69) is 122 Å². The van der Waals surface area contributed by atoms with Crippen molar-refractivity contribution < 1.29 is 4.74 Å². The predicted molar refractivity (Wildman–Crippen MR) is 179 cm³/mol. The zero-order valence-electron chi connectivity index (χ0n) is 24.9. The number of nitrogens with zero attached hydrogens (tertiary/aromatic N) is 2. The van der Waals surface area contributed by atoms with Crippen LogP contribution in [0, 0.1) is 11.8 Å². The van der Waals surface area contributed by atoms with E-state index in [-0.39, 0.29) is 6.10 Å². The summed E-state index contributed by atoms with van der Waals surface area (Å²) < 4.78 is 8.19. The van der Waals surface area contributed by atoms with Crippen molar-refractivity contribution in [2.24, 2.45) is 11.8 Å². The van der Waals surface area contributed by atoms with Gasteiger partial charge in [-0.05, 0) is 64.6 Å². The first-order chi connectivity index (χ1) is 21.2. The summed E-state index contributed by atoms with van der Waals surface area (Å²) in [5.74, 6) is 1.44. The summed E-state index contributed by atoms with van der Waals surface area (Å²) in [7, 11) is 0. The van der Waals surface area contributed by atoms with E-state index in [0.29, 0.717) is 18.6 Å². The highest BCUT2D eigenvalue weighted by atomic mass is 16.5. The molecule has 5 aromatic carbocycles. The van der Waals surface area contributed by atoms with Crippen molar-refractivity contribution in [1.29, 1.82) is 0 Å². The number of hydrogen-bond donors (Lipinski definition) is 0. The molecule has 0 amide bonds. The zero-order chi connectivity index (χ0) is 28.8. The summed E-state index contributed by atoms with van der Waals surface area (Å²) in [6, 6.07) is 42.3. The lowest BCUT2D eigenvalue weighted by Crippen LogP contribution is -2.70. The van der Waals surface area contributed by atoms with E-state index >= 15 is 0 Å². The quantitative estimate of drug-likeness (QED) is 0.142. The molecule has 2 bridgehead atoms. The maximum atomic E-state index is 7.21. The van der Waals surface area contributed by atoms with Gasteiger partial charge < -0.3 is 4.74 Å². The lowest BCUT2D eigenvalue weighted by atomic mass is 9.69. The third-order valence-corrected chi connectivity index (χ3v) is 10.6. The Morgan fingerprint density at radius 1 is 0.791 bits per heavy atom. The third kappa shape index (κ3) is 4.45. The van der Waals surface area contributed by atoms with Crippen molar-refractivity contribution in [1.82, 2.24) is 9.47 Å². The molecule has 5 atom stereocenters. The van der Waals surface area contributed by atoms with Gasteiger partial charge in [0.05, 0.1) is 25.2 Å². The molecule has 3 nitrogen and oxygen atoms in total. The fourth-order valence-corrected chi connectivity index (χ4v) is 8.63. The van der Waals surface area contributed by atoms with Gasteiger partial charge in [0.25, 0.3) is 0 Å². The summed E-state index contributed by atoms with van der Waals surface area (Å²) in [5, 5.41) is 6.66. The maximum Gasteiger partial charge on any atom is 0.149 e. The molecule has 1 aromatic heterocycles. The lowest BCUT2D eigenvalue weighted by molar-refractivity contribution is -0.0826. The topological polar surface area (TPSA) is 22.1 Å². The van der Waals surface area contributed by atoms with Gasteiger partial charge in [-0.25, -0.2) is 0 Å². The number of rotatable bonds is 7. The largest absolute Gasteiger partial charge is 0.363 e. The number of ether oxygens (including phenoxy) is 1. The highest BCUT2D eigenvalue weighted by Gasteiger charge is 2.57. The second kappa shape index (κ2) is 10.9. The van der Waals surface area contributed by atoms with Crippen molar-refractivity contribution in [3.63, 3.8) is 0 Å². The van der Waals surface area contributed by atoms with Crippen LogP contribution >= 0.6 is 0 Å². The molecule has 4 heterocycles. The first-order valence-electron chi connectivity index (χ1n) is 16.0. The molecule has 3 aliphatic rings. The van der Waals surface area contributed by atoms with Crippen molar-refractivity contribution in [2.45, 2.75) is 44.9 Å². The molecule has 0 aliphatic carbocycles. The van der Waals surface area contributed by atoms with Crippen LogP contribution in [0.5, 0.6) is 0 Å². The van der Waals surface area contributed by atoms with Crippen molar-refractivity contribution >= 4 is 38.1 Å². The SMILES string of the molecule is CC[C@H]1C[N@+]2(c3c4ccccc4cc4ccccc34)CC[C@H]1C[C@@H]2[C@H](OCc1ccccc1)c1ccnc2ccccc12. The van der Waals surface area contributed by atoms with Crippen LogP contribution in [0.2, 0.25) is 0 Å². The molecular weight excluding hydrogens is 524 g/mol. The van der Waals surface area contributed by atoms with Crippen molar-refractivity contribution in [3.8, 4) is 0 Å². The number of quaternary nitrogens is 1. The van der Waals surface area contributed by atoms with Gasteiger partial charge in [-0.1, -0.05) is 91.9 Å². The fraction of sp³-hybridized carbons (Fsp3) is 0.275. The second-order valence-electron chi connectivity index (χ2n) is 12.8. The van der Waals surface area contributed by atoms with E-state index in [4.69, 9.17) is 9.72 Å². The van der Waals surface area contributed by atoms with Crippen LogP contribution in [0.25, 0.3) is 32.4 Å². The Kier molecular flexibility index (Phi) is 6.73. The lowest BCUT2D eigenvalue weighted by Gasteiger charge is -2.59. The Bertz CT molecular complexity index is 1860. The number of para-hydroxylation sites is 1. The average molecular weight is 564 g/mol. The monoisotopic (exact) mass is 563 g/mol. The molecule has 9 rings (SSSR count). The number of pyridine rings is 1. The minimum Gasteiger partial charge on any atom is -0.363 e. The Morgan fingerprint density at radius 3 is 2.21 bits per heavy atom. The second-order valence-corrected chi connectivity index (χ2v) is 12.8. The van der Waals surface area contributed by atoms with E-state index in [9.17, 15) is 0 Å². The van der Waals surface area contributed by atoms with Gasteiger partial charge in [-0.2, -0.15) is 0 Å². The zero-order valence-corrected chi connectivity index (χ0v) is 24.9. The molecule has 3 saturated heterocycles. The number of fused-ring (bicyclic) bond motifs is 6. The fourth-order valence-electron chi connectivity index (χ4n) is 8.63. The molecule has 6 aromatic rings. The summed E-state index contributed by atoms with van der Waals surface area (Å²) >= 11 is 0. The Balaban J connectivity index is 1.37. The molecule has 3 aliphatic heterocycles. The van der Waals surface area contributed by atoms with Gasteiger partial charge in [-0.15, -0.1) is 0 Å². The highest BCUT2D eigenvalue weighted by Crippen LogP contribution is 2.54. The van der Waals surface area contributed by atoms with Gasteiger partial charge in [0.15, 0.2) is 0 Å². The van der Waals surface area contributed by atoms with Crippen LogP contribution in [0.1, 0.15) is 43.4 Å². The Hall–Kier alpha value is -4.05. The van der Waals surface area contributed by atoms with Crippen LogP contribution < -0.4 is 4.48 Å². The summed E-state index contributed by atoms with van der Waals surface area (Å²) in [6.45, 7) is 5.31. The van der Waals surface area contributed by atoms with Gasteiger partial charge in [0, 0.05) is 41.1 Å². The van der Waals surface area contributed by atoms with Crippen LogP contribution in [-0.4, -0.2) is 24.1 Å². The molecular formula is C40H39N2O+. The Labute approximate surface area is 254 Å². The number of benzene rings is 5. The number of piperidine rings is 3. The van der Waals surface area contributed by atoms with Crippen LogP contribution in [-0.2, 0) is 11.3 Å². The van der Waals surface area contributed by atoms with Gasteiger partial charge in [0.1, 0.15) is 17.8 Å². The molecule has 0 spiro atoms. The van der Waals surface area contributed by atoms with E-state index in [0.717, 1.165) is 29.0 Å². The number of aromatic nitrogens is 1. The predicted octanol–water partition coefficient (Wildman–Crippen LogP) is 9.62. The molecule has 43 heavy (non-hydrogen) atoms. The Morgan fingerprint density at radius 2 is 1.47 bits per heavy atom. The molecule has 0 N–H and O–H groups in total. The van der Waals surface area contributed by atoms with Crippen LogP contribution in [0.3, 0.4) is 0 Å². The van der Waals surface area contributed by atoms with Gasteiger partial charge >= 0.3 is 0 Å². The first-order valence-corrected chi connectivity index (χ1v) is 16.0. The first kappa shape index (κ1) is 26.6. The molecule has 0 unspecified atom stereocenters. The minimum atomic E-state index is -0.0635. The summed E-state index contributed by atoms with van der Waals surface area (Å²) in [5.41, 5.74) is 5.03. The number of hydrogen-bond acceptors (Lipinski definition) is 2. The molecule has 0 radical (unpaired) electrons. The standard InChI is InChI=1S/C40H39N2O/c1-2-29-26-42(39-33-16-8-6-14-31(33)24-32-15-7-9-17-34(32)39)23-21-30(29)25-38(42)40(43-27-28-12-4-3-5-13-28)36-20-22-41-37-19-11-10-18-35(36)37/h3-20,22,24,29-30,38,40H,2,21,23,25-27H2,1H3/q+1/t29-,30-,38+,40+,42+/m0/s1. The average Bonchev–Trinajstić information content (AvgIpc) is 3.08. The van der Waals surface area contributed by atoms with Gasteiger partial charge in [0.2, 0.25) is 0 Å². The summed E-state index contributed by atoms with van der Waals surface area (Å²) in [6.07, 6.45) is 5.60. The van der Waals surface area contributed by atoms with Crippen LogP contribution in [0.4, 0.5) is 5.69 Å². The maximum absolute atomic E-state index is 7.21. The minimum absolute atomic E-state index is 0.0635. The van der Waals surface area contributed by atoms with E-state index in [1.165, 1.54) is 63.0 Å². The van der Waals surface area contributed by atoms with E-state index in [1.54, 1.807) is 0 Å². The smallest absolute Gasteiger partial charge is 0.149 e. The van der Waals surface area contributed by atoms with E-state index in [1.807, 2.05) is 6.20 Å². The van der Waals surface area contributed by atoms with Crippen molar-refractivity contribution in [3.05, 3.63) is 133 Å². The van der Waals surface area contributed by atoms with Gasteiger partial charge in [-0.3, -0.25) is 9.47 Å². The highest BCUT2D eigenvalue weighted by molar-refractivity contribution is 6.10. The normalized spacial score (nSPS) is 24.1. The molecule has 3 fully saturated rings.